The van der Waals surface area contributed by atoms with Crippen LogP contribution >= 0.6 is 24.0 Å². The number of para-hydroxylation sites is 2. The highest BCUT2D eigenvalue weighted by Crippen LogP contribution is 2.62. The number of ether oxygens (including phenoxy) is 1. The van der Waals surface area contributed by atoms with E-state index < -0.39 is 0 Å². The fourth-order valence-corrected chi connectivity index (χ4v) is 5.54. The first-order valence-corrected chi connectivity index (χ1v) is 8.73. The van der Waals surface area contributed by atoms with Gasteiger partial charge in [-0.15, -0.1) is 0 Å². The van der Waals surface area contributed by atoms with Crippen molar-refractivity contribution in [2.24, 2.45) is 0 Å². The van der Waals surface area contributed by atoms with Gasteiger partial charge in [-0.25, -0.2) is 0 Å². The largest absolute Gasteiger partial charge is 0.457 e. The molecule has 0 N–H and O–H groups in total. The molecular formula is C20H12OS2. The van der Waals surface area contributed by atoms with Crippen molar-refractivity contribution in [1.29, 1.82) is 0 Å². The van der Waals surface area contributed by atoms with Crippen molar-refractivity contribution in [2.75, 3.05) is 0 Å². The van der Waals surface area contributed by atoms with Crippen molar-refractivity contribution in [3.63, 3.8) is 0 Å². The third kappa shape index (κ3) is 1.66. The third-order valence-corrected chi connectivity index (χ3v) is 6.37. The summed E-state index contributed by atoms with van der Waals surface area (Å²) in [5.41, 5.74) is 4.78. The monoisotopic (exact) mass is 332 g/mol. The van der Waals surface area contributed by atoms with E-state index in [0.717, 1.165) is 15.7 Å². The summed E-state index contributed by atoms with van der Waals surface area (Å²) < 4.78 is 6.80. The molecule has 5 rings (SSSR count). The Kier molecular flexibility index (Phi) is 2.73. The predicted molar refractivity (Wildman–Crippen MR) is 98.6 cm³/mol. The van der Waals surface area contributed by atoms with Crippen LogP contribution in [-0.2, 0) is 4.75 Å². The molecule has 3 aromatic carbocycles. The lowest BCUT2D eigenvalue weighted by molar-refractivity contribution is 0.448. The van der Waals surface area contributed by atoms with Crippen molar-refractivity contribution in [3.05, 3.63) is 95.1 Å². The van der Waals surface area contributed by atoms with E-state index in [4.69, 9.17) is 17.0 Å². The molecule has 0 bridgehead atoms. The van der Waals surface area contributed by atoms with E-state index in [0.29, 0.717) is 0 Å². The van der Waals surface area contributed by atoms with Crippen LogP contribution in [-0.4, -0.2) is 4.20 Å². The van der Waals surface area contributed by atoms with E-state index in [-0.39, 0.29) is 4.75 Å². The van der Waals surface area contributed by atoms with Crippen molar-refractivity contribution >= 4 is 28.2 Å². The average Bonchev–Trinajstić information content (AvgIpc) is 2.90. The molecule has 2 aliphatic heterocycles. The summed E-state index contributed by atoms with van der Waals surface area (Å²) in [4.78, 5) is 0. The van der Waals surface area contributed by atoms with Gasteiger partial charge in [0.2, 0.25) is 0 Å². The predicted octanol–water partition coefficient (Wildman–Crippen LogP) is 5.51. The lowest BCUT2D eigenvalue weighted by atomic mass is 9.80. The molecule has 0 saturated heterocycles. The second-order valence-corrected chi connectivity index (χ2v) is 7.60. The molecule has 0 fully saturated rings. The Labute approximate surface area is 144 Å². The van der Waals surface area contributed by atoms with Crippen LogP contribution in [0.15, 0.2) is 72.8 Å². The molecule has 1 nitrogen and oxygen atoms in total. The van der Waals surface area contributed by atoms with Gasteiger partial charge >= 0.3 is 0 Å². The summed E-state index contributed by atoms with van der Waals surface area (Å²) in [6.45, 7) is 0. The summed E-state index contributed by atoms with van der Waals surface area (Å²) in [7, 11) is 0. The molecule has 0 radical (unpaired) electrons. The number of hydrogen-bond acceptors (Lipinski definition) is 3. The lowest BCUT2D eigenvalue weighted by Gasteiger charge is -2.37. The SMILES string of the molecule is S=C1SC2(c3ccccc3Oc3ccccc32)c2ccccc21. The van der Waals surface area contributed by atoms with Gasteiger partial charge < -0.3 is 4.74 Å². The van der Waals surface area contributed by atoms with Gasteiger partial charge in [0.05, 0.1) is 4.20 Å². The minimum Gasteiger partial charge on any atom is -0.457 e. The van der Waals surface area contributed by atoms with Gasteiger partial charge in [0.25, 0.3) is 0 Å². The van der Waals surface area contributed by atoms with Gasteiger partial charge in [0.1, 0.15) is 16.2 Å². The van der Waals surface area contributed by atoms with E-state index in [1.54, 1.807) is 11.8 Å². The molecule has 3 aromatic rings. The standard InChI is InChI=1S/C20H12OS2/c22-19-13-7-1-2-8-14(13)20(23-19)15-9-3-5-11-17(15)21-18-12-6-4-10-16(18)20/h1-12H. The zero-order chi connectivity index (χ0) is 15.4. The molecule has 2 heterocycles. The Balaban J connectivity index is 1.93. The minimum atomic E-state index is -0.306. The van der Waals surface area contributed by atoms with Gasteiger partial charge in [-0.1, -0.05) is 84.6 Å². The Bertz CT molecular complexity index is 916. The second-order valence-electron chi connectivity index (χ2n) is 5.71. The fraction of sp³-hybridized carbons (Fsp3) is 0.0500. The number of thioether (sulfide) groups is 1. The lowest BCUT2D eigenvalue weighted by Crippen LogP contribution is -2.27. The first-order chi connectivity index (χ1) is 11.3. The van der Waals surface area contributed by atoms with Crippen LogP contribution in [0, 0.1) is 0 Å². The van der Waals surface area contributed by atoms with Gasteiger partial charge in [-0.2, -0.15) is 0 Å². The van der Waals surface area contributed by atoms with Gasteiger partial charge in [0.15, 0.2) is 0 Å². The molecule has 0 aliphatic carbocycles. The highest BCUT2D eigenvalue weighted by atomic mass is 32.2. The van der Waals surface area contributed by atoms with Crippen molar-refractivity contribution in [1.82, 2.24) is 0 Å². The number of thiocarbonyl (C=S) groups is 1. The van der Waals surface area contributed by atoms with E-state index in [1.165, 1.54) is 22.3 Å². The molecule has 0 amide bonds. The molecule has 3 heteroatoms. The second kappa shape index (κ2) is 4.70. The molecule has 23 heavy (non-hydrogen) atoms. The van der Waals surface area contributed by atoms with E-state index in [9.17, 15) is 0 Å². The summed E-state index contributed by atoms with van der Waals surface area (Å²) in [5, 5.41) is 0. The smallest absolute Gasteiger partial charge is 0.132 e. The first-order valence-electron chi connectivity index (χ1n) is 7.50. The molecule has 1 spiro atoms. The molecule has 110 valence electrons. The fourth-order valence-electron chi connectivity index (χ4n) is 3.57. The quantitative estimate of drug-likeness (QED) is 0.503. The Hall–Kier alpha value is -2.10. The summed E-state index contributed by atoms with van der Waals surface area (Å²) in [6, 6.07) is 25.0. The van der Waals surface area contributed by atoms with Gasteiger partial charge in [-0.05, 0) is 17.7 Å². The molecule has 2 aliphatic rings. The van der Waals surface area contributed by atoms with Crippen LogP contribution in [0.5, 0.6) is 11.5 Å². The van der Waals surface area contributed by atoms with Crippen LogP contribution in [0.3, 0.4) is 0 Å². The Morgan fingerprint density at radius 2 is 1.22 bits per heavy atom. The minimum absolute atomic E-state index is 0.306. The van der Waals surface area contributed by atoms with E-state index >= 15 is 0 Å². The summed E-state index contributed by atoms with van der Waals surface area (Å²) >= 11 is 7.46. The normalized spacial score (nSPS) is 16.4. The van der Waals surface area contributed by atoms with Crippen LogP contribution in [0.25, 0.3) is 0 Å². The summed E-state index contributed by atoms with van der Waals surface area (Å²) in [6.07, 6.45) is 0. The zero-order valence-corrected chi connectivity index (χ0v) is 13.8. The van der Waals surface area contributed by atoms with Crippen molar-refractivity contribution < 1.29 is 4.74 Å². The maximum absolute atomic E-state index is 6.16. The van der Waals surface area contributed by atoms with Crippen LogP contribution in [0.2, 0.25) is 0 Å². The number of benzene rings is 3. The number of fused-ring (bicyclic) bond motifs is 6. The average molecular weight is 332 g/mol. The highest BCUT2D eigenvalue weighted by molar-refractivity contribution is 8.25. The molecule has 0 atom stereocenters. The number of hydrogen-bond donors (Lipinski definition) is 0. The van der Waals surface area contributed by atoms with Crippen LogP contribution < -0.4 is 4.74 Å². The number of rotatable bonds is 0. The highest BCUT2D eigenvalue weighted by Gasteiger charge is 2.50. The van der Waals surface area contributed by atoms with Crippen LogP contribution in [0.4, 0.5) is 0 Å². The Morgan fingerprint density at radius 3 is 1.87 bits per heavy atom. The Morgan fingerprint density at radius 1 is 0.696 bits per heavy atom. The van der Waals surface area contributed by atoms with E-state index in [2.05, 4.69) is 48.5 Å². The maximum Gasteiger partial charge on any atom is 0.132 e. The molecule has 0 unspecified atom stereocenters. The maximum atomic E-state index is 6.16. The summed E-state index contributed by atoms with van der Waals surface area (Å²) in [5.74, 6) is 1.83. The van der Waals surface area contributed by atoms with Gasteiger partial charge in [0, 0.05) is 16.7 Å². The molecule has 0 saturated carbocycles. The molecule has 0 aromatic heterocycles. The van der Waals surface area contributed by atoms with Crippen molar-refractivity contribution in [2.45, 2.75) is 4.75 Å². The topological polar surface area (TPSA) is 9.23 Å². The van der Waals surface area contributed by atoms with Gasteiger partial charge in [-0.3, -0.25) is 0 Å². The first kappa shape index (κ1) is 13.3. The van der Waals surface area contributed by atoms with E-state index in [1.807, 2.05) is 24.3 Å². The molecular weight excluding hydrogens is 320 g/mol. The third-order valence-electron chi connectivity index (χ3n) is 4.52. The zero-order valence-electron chi connectivity index (χ0n) is 12.2. The van der Waals surface area contributed by atoms with Crippen LogP contribution in [0.1, 0.15) is 22.3 Å². The van der Waals surface area contributed by atoms with Crippen molar-refractivity contribution in [3.8, 4) is 11.5 Å².